The number of rotatable bonds is 2. The third-order valence-corrected chi connectivity index (χ3v) is 9.22. The first-order valence-corrected chi connectivity index (χ1v) is 9.90. The fourth-order valence-corrected chi connectivity index (χ4v) is 8.20. The molecule has 4 saturated carbocycles. The van der Waals surface area contributed by atoms with E-state index in [1.165, 1.54) is 43.4 Å². The first-order chi connectivity index (χ1) is 9.39. The largest absolute Gasteiger partial charge is 0.130 e. The van der Waals surface area contributed by atoms with E-state index in [2.05, 4.69) is 28.9 Å². The standard InChI is InChI=1S/C16H19BrCl2S/c1-15-4-9-2-10(5-15)7-16(6-9,8-15)13(19)12-3-11(18)14(17)20-12/h3,9-10,13H,2,4-8H2,1H3. The zero-order valence-electron chi connectivity index (χ0n) is 11.6. The molecule has 20 heavy (non-hydrogen) atoms. The van der Waals surface area contributed by atoms with Crippen LogP contribution in [0.5, 0.6) is 0 Å². The molecular weight excluding hydrogens is 375 g/mol. The van der Waals surface area contributed by atoms with E-state index < -0.39 is 0 Å². The van der Waals surface area contributed by atoms with Gasteiger partial charge in [-0.05, 0) is 83.2 Å². The Morgan fingerprint density at radius 2 is 1.95 bits per heavy atom. The minimum Gasteiger partial charge on any atom is -0.130 e. The molecule has 3 unspecified atom stereocenters. The number of thiophene rings is 1. The van der Waals surface area contributed by atoms with Crippen molar-refractivity contribution in [2.75, 3.05) is 0 Å². The van der Waals surface area contributed by atoms with Gasteiger partial charge in [-0.2, -0.15) is 0 Å². The first kappa shape index (κ1) is 14.4. The molecule has 0 saturated heterocycles. The highest BCUT2D eigenvalue weighted by Crippen LogP contribution is 2.69. The van der Waals surface area contributed by atoms with Crippen molar-refractivity contribution >= 4 is 50.5 Å². The molecule has 110 valence electrons. The van der Waals surface area contributed by atoms with Crippen LogP contribution in [0.4, 0.5) is 0 Å². The van der Waals surface area contributed by atoms with E-state index in [1.54, 1.807) is 11.3 Å². The molecule has 4 bridgehead atoms. The van der Waals surface area contributed by atoms with Gasteiger partial charge in [0.25, 0.3) is 0 Å². The van der Waals surface area contributed by atoms with Crippen molar-refractivity contribution in [3.63, 3.8) is 0 Å². The number of hydrogen-bond donors (Lipinski definition) is 0. The maximum Gasteiger partial charge on any atom is 0.0887 e. The van der Waals surface area contributed by atoms with Gasteiger partial charge in [-0.1, -0.05) is 18.5 Å². The van der Waals surface area contributed by atoms with Crippen LogP contribution in [0.2, 0.25) is 5.02 Å². The highest BCUT2D eigenvalue weighted by atomic mass is 79.9. The van der Waals surface area contributed by atoms with E-state index in [9.17, 15) is 0 Å². The quantitative estimate of drug-likeness (QED) is 0.472. The van der Waals surface area contributed by atoms with Crippen LogP contribution in [0, 0.1) is 22.7 Å². The molecule has 4 aliphatic carbocycles. The predicted octanol–water partition coefficient (Wildman–Crippen LogP) is 7.05. The molecule has 0 spiro atoms. The zero-order valence-corrected chi connectivity index (χ0v) is 15.5. The summed E-state index contributed by atoms with van der Waals surface area (Å²) in [4.78, 5) is 1.26. The van der Waals surface area contributed by atoms with Crippen LogP contribution in [-0.4, -0.2) is 0 Å². The van der Waals surface area contributed by atoms with Gasteiger partial charge in [0.15, 0.2) is 0 Å². The van der Waals surface area contributed by atoms with Crippen LogP contribution in [-0.2, 0) is 0 Å². The van der Waals surface area contributed by atoms with Crippen LogP contribution in [0.1, 0.15) is 55.7 Å². The van der Waals surface area contributed by atoms with Crippen molar-refractivity contribution < 1.29 is 0 Å². The molecule has 0 N–H and O–H groups in total. The molecule has 3 atom stereocenters. The molecule has 1 aromatic rings. The summed E-state index contributed by atoms with van der Waals surface area (Å²) in [5, 5.41) is 0.952. The van der Waals surface area contributed by atoms with Gasteiger partial charge in [-0.25, -0.2) is 0 Å². The van der Waals surface area contributed by atoms with Gasteiger partial charge < -0.3 is 0 Å². The van der Waals surface area contributed by atoms with Crippen molar-refractivity contribution in [2.24, 2.45) is 22.7 Å². The van der Waals surface area contributed by atoms with Gasteiger partial charge >= 0.3 is 0 Å². The van der Waals surface area contributed by atoms with E-state index in [0.717, 1.165) is 20.6 Å². The monoisotopic (exact) mass is 392 g/mol. The summed E-state index contributed by atoms with van der Waals surface area (Å²) in [6.07, 6.45) is 8.30. The Morgan fingerprint density at radius 3 is 2.45 bits per heavy atom. The van der Waals surface area contributed by atoms with Gasteiger partial charge in [-0.3, -0.25) is 0 Å². The third kappa shape index (κ3) is 2.13. The zero-order chi connectivity index (χ0) is 14.1. The molecule has 4 aliphatic rings. The Bertz CT molecular complexity index is 519. The smallest absolute Gasteiger partial charge is 0.0887 e. The maximum atomic E-state index is 7.01. The summed E-state index contributed by atoms with van der Waals surface area (Å²) in [5.41, 5.74) is 0.878. The molecule has 4 fully saturated rings. The van der Waals surface area contributed by atoms with Crippen LogP contribution >= 0.6 is 50.5 Å². The van der Waals surface area contributed by atoms with Gasteiger partial charge in [0.2, 0.25) is 0 Å². The second kappa shape index (κ2) is 4.63. The summed E-state index contributed by atoms with van der Waals surface area (Å²) >= 11 is 18.5. The van der Waals surface area contributed by atoms with E-state index in [0.29, 0.717) is 10.8 Å². The fraction of sp³-hybridized carbons (Fsp3) is 0.750. The van der Waals surface area contributed by atoms with E-state index in [1.807, 2.05) is 0 Å². The van der Waals surface area contributed by atoms with Crippen molar-refractivity contribution in [1.29, 1.82) is 0 Å². The Labute approximate surface area is 143 Å². The minimum absolute atomic E-state index is 0.140. The first-order valence-electron chi connectivity index (χ1n) is 7.48. The van der Waals surface area contributed by atoms with Crippen LogP contribution in [0.3, 0.4) is 0 Å². The van der Waals surface area contributed by atoms with E-state index >= 15 is 0 Å². The SMILES string of the molecule is CC12CC3CC(C1)CC(C(Cl)c1cc(Cl)c(Br)s1)(C3)C2. The lowest BCUT2D eigenvalue weighted by atomic mass is 9.44. The van der Waals surface area contributed by atoms with Crippen molar-refractivity contribution in [3.05, 3.63) is 19.8 Å². The normalized spacial score (nSPS) is 44.0. The van der Waals surface area contributed by atoms with Gasteiger partial charge in [0, 0.05) is 4.88 Å². The van der Waals surface area contributed by atoms with Crippen molar-refractivity contribution in [2.45, 2.75) is 50.8 Å². The summed E-state index contributed by atoms with van der Waals surface area (Å²) < 4.78 is 1.02. The van der Waals surface area contributed by atoms with Gasteiger partial charge in [0.1, 0.15) is 0 Å². The lowest BCUT2D eigenvalue weighted by Crippen LogP contribution is -2.52. The summed E-state index contributed by atoms with van der Waals surface area (Å²) in [6.45, 7) is 2.50. The van der Waals surface area contributed by atoms with E-state index in [-0.39, 0.29) is 5.38 Å². The molecule has 5 rings (SSSR count). The highest BCUT2D eigenvalue weighted by Gasteiger charge is 2.58. The van der Waals surface area contributed by atoms with Crippen LogP contribution in [0.25, 0.3) is 0 Å². The predicted molar refractivity (Wildman–Crippen MR) is 90.8 cm³/mol. The molecule has 1 heterocycles. The molecular formula is C16H19BrCl2S. The molecule has 0 amide bonds. The molecule has 0 radical (unpaired) electrons. The van der Waals surface area contributed by atoms with Crippen LogP contribution in [0.15, 0.2) is 9.85 Å². The lowest BCUT2D eigenvalue weighted by Gasteiger charge is -2.62. The molecule has 0 nitrogen and oxygen atoms in total. The molecule has 4 heteroatoms. The average molecular weight is 394 g/mol. The van der Waals surface area contributed by atoms with E-state index in [4.69, 9.17) is 23.2 Å². The summed E-state index contributed by atoms with van der Waals surface area (Å²) in [5.74, 6) is 1.84. The molecule has 0 aliphatic heterocycles. The second-order valence-corrected chi connectivity index (χ2v) is 11.0. The average Bonchev–Trinajstić information content (AvgIpc) is 2.65. The molecule has 1 aromatic heterocycles. The fourth-order valence-electron chi connectivity index (χ4n) is 5.88. The Hall–Kier alpha value is 0.760. The highest BCUT2D eigenvalue weighted by molar-refractivity contribution is 9.11. The Kier molecular flexibility index (Phi) is 3.32. The minimum atomic E-state index is 0.140. The van der Waals surface area contributed by atoms with Crippen molar-refractivity contribution in [3.8, 4) is 0 Å². The van der Waals surface area contributed by atoms with Gasteiger partial charge in [0.05, 0.1) is 14.2 Å². The lowest BCUT2D eigenvalue weighted by molar-refractivity contribution is -0.103. The van der Waals surface area contributed by atoms with Crippen molar-refractivity contribution in [1.82, 2.24) is 0 Å². The third-order valence-electron chi connectivity index (χ3n) is 5.85. The number of hydrogen-bond acceptors (Lipinski definition) is 1. The van der Waals surface area contributed by atoms with Gasteiger partial charge in [-0.15, -0.1) is 22.9 Å². The topological polar surface area (TPSA) is 0 Å². The Morgan fingerprint density at radius 1 is 1.30 bits per heavy atom. The summed E-state index contributed by atoms with van der Waals surface area (Å²) in [7, 11) is 0. The number of halogens is 3. The second-order valence-electron chi connectivity index (χ2n) is 7.77. The number of alkyl halides is 1. The molecule has 0 aromatic carbocycles. The summed E-state index contributed by atoms with van der Waals surface area (Å²) in [6, 6.07) is 2.08. The Balaban J connectivity index is 1.70. The van der Waals surface area contributed by atoms with Crippen LogP contribution < -0.4 is 0 Å². The maximum absolute atomic E-state index is 7.01.